The minimum absolute atomic E-state index is 0.146. The van der Waals surface area contributed by atoms with Crippen LogP contribution in [-0.2, 0) is 0 Å². The summed E-state index contributed by atoms with van der Waals surface area (Å²) in [5.74, 6) is 0.692. The third-order valence-corrected chi connectivity index (χ3v) is 6.39. The van der Waals surface area contributed by atoms with Crippen LogP contribution in [0.15, 0.2) is 56.1 Å². The number of halogens is 1. The lowest BCUT2D eigenvalue weighted by Gasteiger charge is -2.26. The van der Waals surface area contributed by atoms with Crippen LogP contribution in [-0.4, -0.2) is 49.5 Å². The lowest BCUT2D eigenvalue weighted by Crippen LogP contribution is -2.32. The van der Waals surface area contributed by atoms with Crippen molar-refractivity contribution in [3.63, 3.8) is 0 Å². The SMILES string of the molecule is CCCCOc1ccc(C2c3c(oc4ccc(Br)cc4c3=O)C(=O)N2CCCN(C)C)cc1. The molecule has 0 spiro atoms. The maximum atomic E-state index is 13.6. The second kappa shape index (κ2) is 10.1. The van der Waals surface area contributed by atoms with E-state index < -0.39 is 6.04 Å². The Morgan fingerprint density at radius 1 is 1.09 bits per heavy atom. The number of amides is 1. The fraction of sp³-hybridized carbons (Fsp3) is 0.385. The van der Waals surface area contributed by atoms with Crippen LogP contribution >= 0.6 is 15.9 Å². The van der Waals surface area contributed by atoms with Gasteiger partial charge in [0.25, 0.3) is 5.91 Å². The second-order valence-electron chi connectivity index (χ2n) is 8.64. The number of fused-ring (bicyclic) bond motifs is 2. The fourth-order valence-corrected chi connectivity index (χ4v) is 4.57. The minimum atomic E-state index is -0.487. The van der Waals surface area contributed by atoms with Crippen molar-refractivity contribution in [1.82, 2.24) is 9.80 Å². The zero-order chi connectivity index (χ0) is 23.5. The number of ether oxygens (including phenoxy) is 1. The largest absolute Gasteiger partial charge is 0.494 e. The monoisotopic (exact) mass is 512 g/mol. The zero-order valence-corrected chi connectivity index (χ0v) is 20.9. The highest BCUT2D eigenvalue weighted by atomic mass is 79.9. The van der Waals surface area contributed by atoms with Crippen LogP contribution in [0.25, 0.3) is 11.0 Å². The molecule has 1 aliphatic heterocycles. The first-order valence-electron chi connectivity index (χ1n) is 11.4. The smallest absolute Gasteiger partial charge is 0.290 e. The summed E-state index contributed by atoms with van der Waals surface area (Å²) in [6.45, 7) is 4.16. The normalized spacial score (nSPS) is 15.5. The number of benzene rings is 2. The van der Waals surface area contributed by atoms with Crippen LogP contribution in [0.3, 0.4) is 0 Å². The Labute approximate surface area is 202 Å². The van der Waals surface area contributed by atoms with Crippen molar-refractivity contribution in [3.8, 4) is 5.75 Å². The average Bonchev–Trinajstić information content (AvgIpc) is 3.07. The molecule has 0 bridgehead atoms. The highest BCUT2D eigenvalue weighted by molar-refractivity contribution is 9.10. The Bertz CT molecular complexity index is 1200. The zero-order valence-electron chi connectivity index (χ0n) is 19.3. The summed E-state index contributed by atoms with van der Waals surface area (Å²) in [5.41, 5.74) is 1.54. The number of carbonyl (C=O) groups excluding carboxylic acids is 1. The first-order valence-corrected chi connectivity index (χ1v) is 12.1. The van der Waals surface area contributed by atoms with Gasteiger partial charge in [-0.1, -0.05) is 41.4 Å². The molecule has 1 atom stereocenters. The van der Waals surface area contributed by atoms with E-state index in [-0.39, 0.29) is 17.1 Å². The molecule has 33 heavy (non-hydrogen) atoms. The summed E-state index contributed by atoms with van der Waals surface area (Å²) >= 11 is 3.44. The molecule has 1 unspecified atom stereocenters. The Hall–Kier alpha value is -2.64. The lowest BCUT2D eigenvalue weighted by atomic mass is 9.98. The Morgan fingerprint density at radius 2 is 1.85 bits per heavy atom. The Kier molecular flexibility index (Phi) is 7.20. The van der Waals surface area contributed by atoms with Crippen molar-refractivity contribution < 1.29 is 13.9 Å². The molecular weight excluding hydrogens is 484 g/mol. The molecule has 1 aliphatic rings. The van der Waals surface area contributed by atoms with E-state index in [4.69, 9.17) is 9.15 Å². The van der Waals surface area contributed by atoms with E-state index in [1.807, 2.05) is 38.4 Å². The van der Waals surface area contributed by atoms with Gasteiger partial charge in [-0.05, 0) is 69.4 Å². The molecule has 7 heteroatoms. The predicted octanol–water partition coefficient (Wildman–Crippen LogP) is 5.23. The summed E-state index contributed by atoms with van der Waals surface area (Å²) in [6, 6.07) is 12.5. The van der Waals surface area contributed by atoms with Crippen molar-refractivity contribution in [3.05, 3.63) is 74.0 Å². The summed E-state index contributed by atoms with van der Waals surface area (Å²) in [5, 5.41) is 0.468. The van der Waals surface area contributed by atoms with Gasteiger partial charge in [-0.25, -0.2) is 0 Å². The molecule has 174 valence electrons. The van der Waals surface area contributed by atoms with Gasteiger partial charge in [0.15, 0.2) is 5.43 Å². The first kappa shape index (κ1) is 23.5. The Morgan fingerprint density at radius 3 is 2.55 bits per heavy atom. The lowest BCUT2D eigenvalue weighted by molar-refractivity contribution is 0.0722. The van der Waals surface area contributed by atoms with E-state index in [9.17, 15) is 9.59 Å². The fourth-order valence-electron chi connectivity index (χ4n) is 4.21. The second-order valence-corrected chi connectivity index (χ2v) is 9.56. The third kappa shape index (κ3) is 4.84. The van der Waals surface area contributed by atoms with Gasteiger partial charge in [0.2, 0.25) is 5.76 Å². The highest BCUT2D eigenvalue weighted by Gasteiger charge is 2.42. The summed E-state index contributed by atoms with van der Waals surface area (Å²) < 4.78 is 12.6. The molecule has 3 aromatic rings. The van der Waals surface area contributed by atoms with Crippen LogP contribution in [0.1, 0.15) is 53.9 Å². The summed E-state index contributed by atoms with van der Waals surface area (Å²) in [6.07, 6.45) is 2.86. The van der Waals surface area contributed by atoms with Crippen molar-refractivity contribution in [2.45, 2.75) is 32.2 Å². The van der Waals surface area contributed by atoms with Crippen LogP contribution in [0.5, 0.6) is 5.75 Å². The molecule has 0 aliphatic carbocycles. The molecule has 6 nitrogen and oxygen atoms in total. The van der Waals surface area contributed by atoms with E-state index in [2.05, 4.69) is 27.8 Å². The highest BCUT2D eigenvalue weighted by Crippen LogP contribution is 2.39. The quantitative estimate of drug-likeness (QED) is 0.367. The van der Waals surface area contributed by atoms with Crippen LogP contribution in [0.2, 0.25) is 0 Å². The van der Waals surface area contributed by atoms with E-state index in [0.29, 0.717) is 29.7 Å². The van der Waals surface area contributed by atoms with Gasteiger partial charge < -0.3 is 19.0 Å². The third-order valence-electron chi connectivity index (χ3n) is 5.89. The maximum absolute atomic E-state index is 13.6. The van der Waals surface area contributed by atoms with Gasteiger partial charge in [0, 0.05) is 11.0 Å². The number of carbonyl (C=O) groups is 1. The van der Waals surface area contributed by atoms with Gasteiger partial charge in [0.05, 0.1) is 23.6 Å². The van der Waals surface area contributed by atoms with Crippen molar-refractivity contribution in [2.24, 2.45) is 0 Å². The van der Waals surface area contributed by atoms with Gasteiger partial charge in [0.1, 0.15) is 11.3 Å². The molecule has 0 radical (unpaired) electrons. The molecule has 0 fully saturated rings. The number of hydrogen-bond acceptors (Lipinski definition) is 5. The maximum Gasteiger partial charge on any atom is 0.290 e. The average molecular weight is 513 g/mol. The topological polar surface area (TPSA) is 63.0 Å². The molecule has 2 aromatic carbocycles. The molecule has 1 aromatic heterocycles. The molecule has 2 heterocycles. The van der Waals surface area contributed by atoms with Crippen molar-refractivity contribution in [2.75, 3.05) is 33.8 Å². The number of rotatable bonds is 9. The van der Waals surface area contributed by atoms with E-state index in [1.165, 1.54) is 0 Å². The van der Waals surface area contributed by atoms with Gasteiger partial charge in [-0.15, -0.1) is 0 Å². The van der Waals surface area contributed by atoms with E-state index >= 15 is 0 Å². The van der Waals surface area contributed by atoms with Gasteiger partial charge >= 0.3 is 0 Å². The van der Waals surface area contributed by atoms with Crippen molar-refractivity contribution >= 4 is 32.8 Å². The van der Waals surface area contributed by atoms with Crippen LogP contribution in [0, 0.1) is 0 Å². The van der Waals surface area contributed by atoms with Crippen molar-refractivity contribution in [1.29, 1.82) is 0 Å². The molecule has 0 saturated carbocycles. The van der Waals surface area contributed by atoms with Gasteiger partial charge in [-0.2, -0.15) is 0 Å². The number of hydrogen-bond donors (Lipinski definition) is 0. The van der Waals surface area contributed by atoms with Crippen LogP contribution in [0.4, 0.5) is 0 Å². The van der Waals surface area contributed by atoms with Crippen LogP contribution < -0.4 is 10.2 Å². The molecule has 0 N–H and O–H groups in total. The standard InChI is InChI=1S/C26H29BrN2O4/c1-4-5-15-32-19-10-7-17(8-11-19)23-22-24(30)20-16-18(27)9-12-21(20)33-25(22)26(31)29(23)14-6-13-28(2)3/h7-12,16,23H,4-6,13-15H2,1-3H3. The number of nitrogens with zero attached hydrogens (tertiary/aromatic N) is 2. The predicted molar refractivity (Wildman–Crippen MR) is 133 cm³/mol. The number of unbranched alkanes of at least 4 members (excludes halogenated alkanes) is 1. The van der Waals surface area contributed by atoms with E-state index in [1.54, 1.807) is 23.1 Å². The molecule has 1 amide bonds. The molecule has 0 saturated heterocycles. The minimum Gasteiger partial charge on any atom is -0.494 e. The summed E-state index contributed by atoms with van der Waals surface area (Å²) in [4.78, 5) is 30.8. The Balaban J connectivity index is 1.76. The summed E-state index contributed by atoms with van der Waals surface area (Å²) in [7, 11) is 4.01. The first-order chi connectivity index (χ1) is 15.9. The van der Waals surface area contributed by atoms with E-state index in [0.717, 1.165) is 41.6 Å². The van der Waals surface area contributed by atoms with Gasteiger partial charge in [-0.3, -0.25) is 9.59 Å². The molecular formula is C26H29BrN2O4. The molecule has 4 rings (SSSR count).